The zero-order valence-electron chi connectivity index (χ0n) is 9.96. The van der Waals surface area contributed by atoms with Crippen LogP contribution < -0.4 is 5.73 Å². The first-order chi connectivity index (χ1) is 8.66. The Morgan fingerprint density at radius 3 is 2.61 bits per heavy atom. The zero-order valence-corrected chi connectivity index (χ0v) is 10.8. The summed E-state index contributed by atoms with van der Waals surface area (Å²) in [6.07, 6.45) is 3.71. The van der Waals surface area contributed by atoms with Crippen LogP contribution in [0.4, 0.5) is 0 Å². The molecule has 0 aliphatic carbocycles. The molecule has 1 aliphatic heterocycles. The average Bonchev–Trinajstić information content (AvgIpc) is 2.90. The summed E-state index contributed by atoms with van der Waals surface area (Å²) in [6.45, 7) is 1.66. The molecule has 2 N–H and O–H groups in total. The number of carbonyl (C=O) groups is 2. The fraction of sp³-hybridized carbons (Fsp3) is 0.417. The van der Waals surface area contributed by atoms with Crippen LogP contribution in [-0.2, 0) is 4.79 Å². The summed E-state index contributed by atoms with van der Waals surface area (Å²) in [5, 5.41) is 0.701. The molecule has 0 aromatic carbocycles. The van der Waals surface area contributed by atoms with Gasteiger partial charge in [0.05, 0.1) is 16.3 Å². The second kappa shape index (κ2) is 5.86. The zero-order chi connectivity index (χ0) is 13.0. The molecule has 6 heteroatoms. The van der Waals surface area contributed by atoms with Crippen LogP contribution in [0.15, 0.2) is 23.4 Å². The molecule has 5 nitrogen and oxygen atoms in total. The van der Waals surface area contributed by atoms with Crippen LogP contribution in [0.3, 0.4) is 0 Å². The molecule has 0 atom stereocenters. The minimum Gasteiger partial charge on any atom is -0.369 e. The van der Waals surface area contributed by atoms with Crippen LogP contribution in [0, 0.1) is 0 Å². The third kappa shape index (κ3) is 3.22. The number of hydrogen-bond donors (Lipinski definition) is 1. The number of likely N-dealkylation sites (tertiary alicyclic amines) is 1. The maximum Gasteiger partial charge on any atom is 0.255 e. The van der Waals surface area contributed by atoms with Crippen molar-refractivity contribution in [2.24, 2.45) is 5.73 Å². The van der Waals surface area contributed by atoms with Crippen molar-refractivity contribution in [3.63, 3.8) is 0 Å². The number of aromatic nitrogens is 1. The summed E-state index contributed by atoms with van der Waals surface area (Å²) >= 11 is 1.27. The molecule has 0 unspecified atom stereocenters. The topological polar surface area (TPSA) is 76.3 Å². The van der Waals surface area contributed by atoms with E-state index in [1.807, 2.05) is 4.90 Å². The summed E-state index contributed by atoms with van der Waals surface area (Å²) in [4.78, 5) is 28.7. The van der Waals surface area contributed by atoms with E-state index in [0.29, 0.717) is 10.6 Å². The first-order valence-electron chi connectivity index (χ1n) is 5.83. The van der Waals surface area contributed by atoms with E-state index in [2.05, 4.69) is 4.98 Å². The normalized spacial score (nSPS) is 14.8. The van der Waals surface area contributed by atoms with Crippen molar-refractivity contribution in [3.8, 4) is 0 Å². The number of carbonyl (C=O) groups excluding carboxylic acids is 2. The van der Waals surface area contributed by atoms with Crippen molar-refractivity contribution in [2.45, 2.75) is 17.9 Å². The molecular formula is C12H15N3O2S. The molecule has 1 aromatic rings. The number of nitrogens with zero attached hydrogens (tertiary/aromatic N) is 2. The Morgan fingerprint density at radius 2 is 2.06 bits per heavy atom. The number of thioether (sulfide) groups is 1. The van der Waals surface area contributed by atoms with Crippen molar-refractivity contribution in [1.29, 1.82) is 0 Å². The van der Waals surface area contributed by atoms with Gasteiger partial charge in [-0.3, -0.25) is 9.59 Å². The minimum absolute atomic E-state index is 0.0338. The molecule has 1 saturated heterocycles. The summed E-state index contributed by atoms with van der Waals surface area (Å²) in [5.74, 6) is -0.141. The highest BCUT2D eigenvalue weighted by Gasteiger charge is 2.19. The first kappa shape index (κ1) is 12.9. The van der Waals surface area contributed by atoms with Gasteiger partial charge < -0.3 is 10.6 Å². The van der Waals surface area contributed by atoms with E-state index in [9.17, 15) is 9.59 Å². The van der Waals surface area contributed by atoms with Gasteiger partial charge in [-0.2, -0.15) is 0 Å². The fourth-order valence-electron chi connectivity index (χ4n) is 1.84. The Bertz CT molecular complexity index is 441. The van der Waals surface area contributed by atoms with Gasteiger partial charge in [0.15, 0.2) is 0 Å². The molecule has 1 aromatic heterocycles. The summed E-state index contributed by atoms with van der Waals surface area (Å²) in [5.41, 5.74) is 5.65. The van der Waals surface area contributed by atoms with Gasteiger partial charge in [0.1, 0.15) is 0 Å². The van der Waals surface area contributed by atoms with Crippen LogP contribution in [0.2, 0.25) is 0 Å². The maximum atomic E-state index is 12.0. The second-order valence-corrected chi connectivity index (χ2v) is 5.14. The second-order valence-electron chi connectivity index (χ2n) is 4.14. The number of nitrogens with two attached hydrogens (primary N) is 1. The first-order valence-corrected chi connectivity index (χ1v) is 6.82. The lowest BCUT2D eigenvalue weighted by Crippen LogP contribution is -2.27. The number of pyridine rings is 1. The SMILES string of the molecule is NC(=O)CSc1ccc(C(=O)N2CCCC2)cn1. The highest BCUT2D eigenvalue weighted by molar-refractivity contribution is 7.99. The lowest BCUT2D eigenvalue weighted by atomic mass is 10.2. The van der Waals surface area contributed by atoms with E-state index < -0.39 is 0 Å². The number of amides is 2. The van der Waals surface area contributed by atoms with Crippen molar-refractivity contribution < 1.29 is 9.59 Å². The Kier molecular flexibility index (Phi) is 4.19. The van der Waals surface area contributed by atoms with Crippen LogP contribution >= 0.6 is 11.8 Å². The Labute approximate surface area is 110 Å². The van der Waals surface area contributed by atoms with Gasteiger partial charge in [-0.15, -0.1) is 0 Å². The molecule has 1 fully saturated rings. The van der Waals surface area contributed by atoms with Crippen molar-refractivity contribution in [3.05, 3.63) is 23.9 Å². The monoisotopic (exact) mass is 265 g/mol. The van der Waals surface area contributed by atoms with E-state index in [1.54, 1.807) is 18.3 Å². The van der Waals surface area contributed by atoms with Gasteiger partial charge in [-0.25, -0.2) is 4.98 Å². The number of primary amides is 1. The van der Waals surface area contributed by atoms with E-state index >= 15 is 0 Å². The third-order valence-electron chi connectivity index (χ3n) is 2.74. The van der Waals surface area contributed by atoms with Crippen LogP contribution in [0.5, 0.6) is 0 Å². The molecule has 2 rings (SSSR count). The fourth-order valence-corrected chi connectivity index (χ4v) is 2.42. The lowest BCUT2D eigenvalue weighted by molar-refractivity contribution is -0.115. The molecule has 2 amide bonds. The van der Waals surface area contributed by atoms with Crippen LogP contribution in [-0.4, -0.2) is 40.5 Å². The lowest BCUT2D eigenvalue weighted by Gasteiger charge is -2.14. The maximum absolute atomic E-state index is 12.0. The van der Waals surface area contributed by atoms with Gasteiger partial charge in [0.25, 0.3) is 5.91 Å². The minimum atomic E-state index is -0.376. The van der Waals surface area contributed by atoms with Gasteiger partial charge in [0.2, 0.25) is 5.91 Å². The summed E-state index contributed by atoms with van der Waals surface area (Å²) in [7, 11) is 0. The molecule has 0 bridgehead atoms. The van der Waals surface area contributed by atoms with Crippen molar-refractivity contribution in [1.82, 2.24) is 9.88 Å². The predicted octanol–water partition coefficient (Wildman–Crippen LogP) is 0.895. The quantitative estimate of drug-likeness (QED) is 0.820. The Hall–Kier alpha value is -1.56. The van der Waals surface area contributed by atoms with Crippen molar-refractivity contribution in [2.75, 3.05) is 18.8 Å². The summed E-state index contributed by atoms with van der Waals surface area (Å²) < 4.78 is 0. The molecule has 2 heterocycles. The molecule has 18 heavy (non-hydrogen) atoms. The van der Waals surface area contributed by atoms with Gasteiger partial charge >= 0.3 is 0 Å². The van der Waals surface area contributed by atoms with Crippen LogP contribution in [0.1, 0.15) is 23.2 Å². The molecular weight excluding hydrogens is 250 g/mol. The van der Waals surface area contributed by atoms with E-state index in [1.165, 1.54) is 11.8 Å². The summed E-state index contributed by atoms with van der Waals surface area (Å²) in [6, 6.07) is 3.49. The van der Waals surface area contributed by atoms with Gasteiger partial charge in [0, 0.05) is 19.3 Å². The predicted molar refractivity (Wildman–Crippen MR) is 69.3 cm³/mol. The van der Waals surface area contributed by atoms with E-state index in [-0.39, 0.29) is 17.6 Å². The van der Waals surface area contributed by atoms with Gasteiger partial charge in [-0.1, -0.05) is 11.8 Å². The number of hydrogen-bond acceptors (Lipinski definition) is 4. The smallest absolute Gasteiger partial charge is 0.255 e. The molecule has 0 spiro atoms. The highest BCUT2D eigenvalue weighted by Crippen LogP contribution is 2.17. The largest absolute Gasteiger partial charge is 0.369 e. The standard InChI is InChI=1S/C12H15N3O2S/c13-10(16)8-18-11-4-3-9(7-14-11)12(17)15-5-1-2-6-15/h3-4,7H,1-2,5-6,8H2,(H2,13,16). The molecule has 1 aliphatic rings. The van der Waals surface area contributed by atoms with Crippen molar-refractivity contribution >= 4 is 23.6 Å². The van der Waals surface area contributed by atoms with Gasteiger partial charge in [-0.05, 0) is 25.0 Å². The highest BCUT2D eigenvalue weighted by atomic mass is 32.2. The van der Waals surface area contributed by atoms with E-state index in [0.717, 1.165) is 25.9 Å². The Morgan fingerprint density at radius 1 is 1.33 bits per heavy atom. The molecule has 0 radical (unpaired) electrons. The Balaban J connectivity index is 1.98. The van der Waals surface area contributed by atoms with E-state index in [4.69, 9.17) is 5.73 Å². The molecule has 96 valence electrons. The average molecular weight is 265 g/mol. The van der Waals surface area contributed by atoms with Crippen LogP contribution in [0.25, 0.3) is 0 Å². The molecule has 0 saturated carbocycles. The third-order valence-corrected chi connectivity index (χ3v) is 3.70. The number of rotatable bonds is 4.